The van der Waals surface area contributed by atoms with Gasteiger partial charge < -0.3 is 14.8 Å². The molecule has 0 radical (unpaired) electrons. The van der Waals surface area contributed by atoms with Crippen LogP contribution in [0.4, 0.5) is 0 Å². The Balaban J connectivity index is 0.000000807. The molecule has 1 aromatic carbocycles. The van der Waals surface area contributed by atoms with Crippen LogP contribution in [0.1, 0.15) is 11.1 Å². The molecular formula is C15H22Cl2N2O2. The number of benzene rings is 1. The van der Waals surface area contributed by atoms with Crippen molar-refractivity contribution in [1.29, 1.82) is 0 Å². The largest absolute Gasteiger partial charge is 0.493 e. The first-order valence-corrected chi connectivity index (χ1v) is 7.20. The van der Waals surface area contributed by atoms with Crippen LogP contribution in [0.2, 0.25) is 0 Å². The molecule has 0 aliphatic carbocycles. The molecule has 4 nitrogen and oxygen atoms in total. The predicted molar refractivity (Wildman–Crippen MR) is 86.9 cm³/mol. The summed E-state index contributed by atoms with van der Waals surface area (Å²) in [4.78, 5) is 2.49. The van der Waals surface area contributed by atoms with Crippen LogP contribution in [0, 0.1) is 0 Å². The molecule has 6 heteroatoms. The number of hydrogen-bond donors (Lipinski definition) is 1. The summed E-state index contributed by atoms with van der Waals surface area (Å²) in [6.45, 7) is 5.84. The summed E-state index contributed by atoms with van der Waals surface area (Å²) in [7, 11) is 0. The Morgan fingerprint density at radius 1 is 1.19 bits per heavy atom. The van der Waals surface area contributed by atoms with E-state index in [9.17, 15) is 0 Å². The third-order valence-electron chi connectivity index (χ3n) is 4.34. The Kier molecular flexibility index (Phi) is 5.74. The van der Waals surface area contributed by atoms with E-state index in [2.05, 4.69) is 28.4 Å². The number of fused-ring (bicyclic) bond motifs is 2. The third kappa shape index (κ3) is 3.46. The maximum atomic E-state index is 5.82. The first kappa shape index (κ1) is 16.8. The molecule has 1 aromatic rings. The number of rotatable bonds is 2. The molecule has 0 spiro atoms. The van der Waals surface area contributed by atoms with Crippen LogP contribution in [0.25, 0.3) is 0 Å². The number of nitrogens with zero attached hydrogens (tertiary/aromatic N) is 1. The summed E-state index contributed by atoms with van der Waals surface area (Å²) < 4.78 is 11.4. The van der Waals surface area contributed by atoms with E-state index in [0.29, 0.717) is 12.1 Å². The molecule has 0 amide bonds. The van der Waals surface area contributed by atoms with Crippen molar-refractivity contribution in [2.24, 2.45) is 0 Å². The molecule has 0 unspecified atom stereocenters. The second-order valence-electron chi connectivity index (χ2n) is 5.70. The maximum absolute atomic E-state index is 5.82. The fraction of sp³-hybridized carbons (Fsp3) is 0.600. The van der Waals surface area contributed by atoms with Crippen molar-refractivity contribution >= 4 is 24.8 Å². The lowest BCUT2D eigenvalue weighted by molar-refractivity contribution is 0.0175. The van der Waals surface area contributed by atoms with Gasteiger partial charge in [-0.15, -0.1) is 24.8 Å². The number of ether oxygens (including phenoxy) is 2. The fourth-order valence-electron chi connectivity index (χ4n) is 3.40. The summed E-state index contributed by atoms with van der Waals surface area (Å²) in [6.07, 6.45) is 1.44. The Bertz CT molecular complexity index is 473. The summed E-state index contributed by atoms with van der Waals surface area (Å²) in [6, 6.07) is 7.14. The van der Waals surface area contributed by atoms with Gasteiger partial charge in [-0.1, -0.05) is 12.1 Å². The van der Waals surface area contributed by atoms with Gasteiger partial charge in [-0.3, -0.25) is 4.90 Å². The van der Waals surface area contributed by atoms with E-state index >= 15 is 0 Å². The quantitative estimate of drug-likeness (QED) is 0.892. The maximum Gasteiger partial charge on any atom is 0.122 e. The number of nitrogens with one attached hydrogen (secondary N) is 1. The minimum Gasteiger partial charge on any atom is -0.493 e. The lowest BCUT2D eigenvalue weighted by Crippen LogP contribution is -2.47. The van der Waals surface area contributed by atoms with E-state index in [1.807, 2.05) is 0 Å². The molecule has 4 rings (SSSR count). The monoisotopic (exact) mass is 332 g/mol. The summed E-state index contributed by atoms with van der Waals surface area (Å²) in [5.41, 5.74) is 2.76. The molecule has 21 heavy (non-hydrogen) atoms. The van der Waals surface area contributed by atoms with E-state index in [4.69, 9.17) is 9.47 Å². The zero-order valence-electron chi connectivity index (χ0n) is 11.9. The van der Waals surface area contributed by atoms with Gasteiger partial charge in [-0.25, -0.2) is 0 Å². The molecule has 3 heterocycles. The van der Waals surface area contributed by atoms with Crippen molar-refractivity contribution in [3.05, 3.63) is 29.3 Å². The average molecular weight is 333 g/mol. The van der Waals surface area contributed by atoms with Gasteiger partial charge in [0.15, 0.2) is 0 Å². The lowest BCUT2D eigenvalue weighted by atomic mass is 10.1. The molecule has 3 aliphatic heterocycles. The molecule has 2 fully saturated rings. The molecule has 0 bridgehead atoms. The summed E-state index contributed by atoms with van der Waals surface area (Å²) in [5.74, 6) is 1.07. The van der Waals surface area contributed by atoms with Crippen LogP contribution < -0.4 is 10.1 Å². The third-order valence-corrected chi connectivity index (χ3v) is 4.34. The summed E-state index contributed by atoms with van der Waals surface area (Å²) >= 11 is 0. The summed E-state index contributed by atoms with van der Waals surface area (Å²) in [5, 5.41) is 3.55. The van der Waals surface area contributed by atoms with E-state index in [1.54, 1.807) is 0 Å². The Morgan fingerprint density at radius 3 is 2.95 bits per heavy atom. The molecule has 2 atom stereocenters. The van der Waals surface area contributed by atoms with Gasteiger partial charge >= 0.3 is 0 Å². The van der Waals surface area contributed by atoms with Gasteiger partial charge in [0.25, 0.3) is 0 Å². The molecule has 2 saturated heterocycles. The highest BCUT2D eigenvalue weighted by atomic mass is 35.5. The minimum atomic E-state index is 0. The van der Waals surface area contributed by atoms with E-state index in [0.717, 1.165) is 51.6 Å². The zero-order valence-corrected chi connectivity index (χ0v) is 13.5. The van der Waals surface area contributed by atoms with Crippen molar-refractivity contribution in [2.45, 2.75) is 25.1 Å². The first-order chi connectivity index (χ1) is 9.38. The Labute approximate surface area is 138 Å². The Hall–Kier alpha value is -0.520. The van der Waals surface area contributed by atoms with Crippen molar-refractivity contribution in [3.8, 4) is 5.75 Å². The number of likely N-dealkylation sites (tertiary alicyclic amines) is 1. The molecule has 3 aliphatic rings. The van der Waals surface area contributed by atoms with Crippen molar-refractivity contribution in [3.63, 3.8) is 0 Å². The van der Waals surface area contributed by atoms with Crippen molar-refractivity contribution in [1.82, 2.24) is 10.2 Å². The minimum absolute atomic E-state index is 0. The van der Waals surface area contributed by atoms with Crippen LogP contribution in [-0.2, 0) is 17.7 Å². The van der Waals surface area contributed by atoms with Gasteiger partial charge in [-0.2, -0.15) is 0 Å². The highest BCUT2D eigenvalue weighted by molar-refractivity contribution is 5.85. The van der Waals surface area contributed by atoms with Crippen LogP contribution in [0.5, 0.6) is 5.75 Å². The van der Waals surface area contributed by atoms with Crippen LogP contribution in [0.15, 0.2) is 18.2 Å². The van der Waals surface area contributed by atoms with Crippen molar-refractivity contribution < 1.29 is 9.47 Å². The van der Waals surface area contributed by atoms with Gasteiger partial charge in [0.1, 0.15) is 5.75 Å². The molecule has 1 N–H and O–H groups in total. The van der Waals surface area contributed by atoms with E-state index < -0.39 is 0 Å². The first-order valence-electron chi connectivity index (χ1n) is 7.20. The molecular weight excluding hydrogens is 311 g/mol. The predicted octanol–water partition coefficient (Wildman–Crippen LogP) is 1.64. The van der Waals surface area contributed by atoms with Gasteiger partial charge in [0.05, 0.1) is 19.3 Å². The van der Waals surface area contributed by atoms with Crippen LogP contribution >= 0.6 is 24.8 Å². The normalized spacial score (nSPS) is 27.0. The van der Waals surface area contributed by atoms with Gasteiger partial charge in [-0.05, 0) is 17.2 Å². The standard InChI is InChI=1S/C15H20N2O2.2ClH/c1-2-14-12(3-5-18-14)7-11(1)8-17-9-13-15(10-17)19-6-4-16-13;;/h1-2,7,13,15-16H,3-6,8-10H2;2*1H/t13-,15-;;/m0../s1. The second kappa shape index (κ2) is 7.16. The fourth-order valence-corrected chi connectivity index (χ4v) is 3.40. The van der Waals surface area contributed by atoms with Crippen molar-refractivity contribution in [2.75, 3.05) is 32.8 Å². The van der Waals surface area contributed by atoms with E-state index in [-0.39, 0.29) is 24.8 Å². The molecule has 0 saturated carbocycles. The van der Waals surface area contributed by atoms with E-state index in [1.165, 1.54) is 11.1 Å². The number of morpholine rings is 1. The smallest absolute Gasteiger partial charge is 0.122 e. The van der Waals surface area contributed by atoms with Crippen LogP contribution in [0.3, 0.4) is 0 Å². The van der Waals surface area contributed by atoms with Gasteiger partial charge in [0, 0.05) is 38.6 Å². The SMILES string of the molecule is Cl.Cl.c1cc2c(cc1CN1C[C@@H]3NCCO[C@H]3C1)CCO2. The number of hydrogen-bond acceptors (Lipinski definition) is 4. The van der Waals surface area contributed by atoms with Crippen LogP contribution in [-0.4, -0.2) is 49.9 Å². The molecule has 118 valence electrons. The topological polar surface area (TPSA) is 33.7 Å². The highest BCUT2D eigenvalue weighted by Gasteiger charge is 2.35. The second-order valence-corrected chi connectivity index (χ2v) is 5.70. The Morgan fingerprint density at radius 2 is 2.10 bits per heavy atom. The highest BCUT2D eigenvalue weighted by Crippen LogP contribution is 2.27. The zero-order chi connectivity index (χ0) is 12.7. The average Bonchev–Trinajstić information content (AvgIpc) is 3.03. The van der Waals surface area contributed by atoms with Gasteiger partial charge in [0.2, 0.25) is 0 Å². The molecule has 0 aromatic heterocycles. The number of halogens is 2. The lowest BCUT2D eigenvalue weighted by Gasteiger charge is -2.25.